The number of halogens is 10. The molecule has 10 heteroatoms. The van der Waals surface area contributed by atoms with Gasteiger partial charge in [-0.15, -0.1) is 11.6 Å². The summed E-state index contributed by atoms with van der Waals surface area (Å²) in [6.45, 7) is 0. The smallest absolute Gasteiger partial charge is 0.199 e. The highest BCUT2D eigenvalue weighted by Crippen LogP contribution is 2.64. The fraction of sp³-hybridized carbons (Fsp3) is 1.00. The fourth-order valence-electron chi connectivity index (χ4n) is 1.36. The van der Waals surface area contributed by atoms with Crippen LogP contribution in [-0.4, -0.2) is 29.3 Å². The van der Waals surface area contributed by atoms with Crippen molar-refractivity contribution >= 4 is 11.6 Å². The van der Waals surface area contributed by atoms with E-state index in [9.17, 15) is 39.5 Å². The van der Waals surface area contributed by atoms with Crippen LogP contribution in [0, 0.1) is 5.92 Å². The van der Waals surface area contributed by atoms with Crippen LogP contribution in [0.25, 0.3) is 0 Å². The molecule has 0 unspecified atom stereocenters. The Hall–Kier alpha value is -0.340. The van der Waals surface area contributed by atoms with Gasteiger partial charge in [0.05, 0.1) is 0 Å². The first-order valence-electron chi connectivity index (χ1n) is 3.62. The summed E-state index contributed by atoms with van der Waals surface area (Å²) in [6, 6.07) is 0. The standard InChI is InChI=1S/C6H2ClF9/c7-2-1(5(12,13)14)3(8,9)6(15,16)4(2,10)11/h1-2H/t1-,2-/m0/s1. The monoisotopic (exact) mass is 280 g/mol. The van der Waals surface area contributed by atoms with E-state index in [2.05, 4.69) is 11.6 Å². The zero-order valence-electron chi connectivity index (χ0n) is 6.93. The summed E-state index contributed by atoms with van der Waals surface area (Å²) in [5, 5.41) is -3.71. The topological polar surface area (TPSA) is 0 Å². The van der Waals surface area contributed by atoms with Crippen LogP contribution >= 0.6 is 11.6 Å². The molecular weight excluding hydrogens is 279 g/mol. The van der Waals surface area contributed by atoms with Gasteiger partial charge in [0.1, 0.15) is 11.3 Å². The third kappa shape index (κ3) is 1.39. The van der Waals surface area contributed by atoms with Crippen LogP contribution in [0.15, 0.2) is 0 Å². The maximum Gasteiger partial charge on any atom is 0.399 e. The molecule has 0 spiro atoms. The van der Waals surface area contributed by atoms with Crippen molar-refractivity contribution in [3.8, 4) is 0 Å². The maximum atomic E-state index is 12.6. The van der Waals surface area contributed by atoms with Gasteiger partial charge in [0.25, 0.3) is 0 Å². The molecule has 0 aromatic carbocycles. The van der Waals surface area contributed by atoms with Crippen LogP contribution < -0.4 is 0 Å². The molecule has 2 atom stereocenters. The van der Waals surface area contributed by atoms with Crippen molar-refractivity contribution in [2.45, 2.75) is 29.3 Å². The Morgan fingerprint density at radius 2 is 1.19 bits per heavy atom. The zero-order valence-corrected chi connectivity index (χ0v) is 7.69. The van der Waals surface area contributed by atoms with E-state index >= 15 is 0 Å². The normalized spacial score (nSPS) is 36.4. The largest absolute Gasteiger partial charge is 0.399 e. The van der Waals surface area contributed by atoms with Crippen LogP contribution in [0.4, 0.5) is 39.5 Å². The quantitative estimate of drug-likeness (QED) is 0.469. The van der Waals surface area contributed by atoms with Crippen molar-refractivity contribution in [2.24, 2.45) is 5.92 Å². The first-order valence-corrected chi connectivity index (χ1v) is 4.05. The van der Waals surface area contributed by atoms with Crippen molar-refractivity contribution in [3.05, 3.63) is 0 Å². The predicted octanol–water partition coefficient (Wildman–Crippen LogP) is 3.69. The Morgan fingerprint density at radius 3 is 1.31 bits per heavy atom. The van der Waals surface area contributed by atoms with E-state index in [0.717, 1.165) is 0 Å². The van der Waals surface area contributed by atoms with Crippen LogP contribution in [0.2, 0.25) is 0 Å². The van der Waals surface area contributed by atoms with Crippen LogP contribution in [0.1, 0.15) is 0 Å². The summed E-state index contributed by atoms with van der Waals surface area (Å²) in [7, 11) is 0. The van der Waals surface area contributed by atoms with Gasteiger partial charge in [-0.2, -0.15) is 39.5 Å². The molecule has 1 saturated carbocycles. The molecule has 1 rings (SSSR count). The molecule has 0 N–H and O–H groups in total. The number of hydrogen-bond donors (Lipinski definition) is 0. The zero-order chi connectivity index (χ0) is 13.2. The molecular formula is C6H2ClF9. The van der Waals surface area contributed by atoms with E-state index in [0.29, 0.717) is 0 Å². The van der Waals surface area contributed by atoms with E-state index in [1.54, 1.807) is 0 Å². The SMILES string of the molecule is FC(F)(F)[C@H]1[C@H](Cl)C(F)(F)C(F)(F)C1(F)F. The van der Waals surface area contributed by atoms with E-state index in [-0.39, 0.29) is 0 Å². The first-order chi connectivity index (χ1) is 6.78. The summed E-state index contributed by atoms with van der Waals surface area (Å²) in [5.74, 6) is -22.0. The number of rotatable bonds is 0. The Balaban J connectivity index is 3.36. The molecule has 0 aromatic heterocycles. The van der Waals surface area contributed by atoms with Crippen molar-refractivity contribution < 1.29 is 39.5 Å². The molecule has 0 aromatic rings. The van der Waals surface area contributed by atoms with Gasteiger partial charge in [-0.05, 0) is 0 Å². The molecule has 0 nitrogen and oxygen atoms in total. The van der Waals surface area contributed by atoms with Gasteiger partial charge in [-0.3, -0.25) is 0 Å². The summed E-state index contributed by atoms with van der Waals surface area (Å²) in [4.78, 5) is 0. The lowest BCUT2D eigenvalue weighted by Gasteiger charge is -2.25. The summed E-state index contributed by atoms with van der Waals surface area (Å²) in [5.41, 5.74) is 0. The lowest BCUT2D eigenvalue weighted by molar-refractivity contribution is -0.301. The van der Waals surface area contributed by atoms with Crippen LogP contribution in [0.5, 0.6) is 0 Å². The Morgan fingerprint density at radius 1 is 0.812 bits per heavy atom. The maximum absolute atomic E-state index is 12.6. The van der Waals surface area contributed by atoms with Crippen LogP contribution in [0.3, 0.4) is 0 Å². The number of hydrogen-bond acceptors (Lipinski definition) is 0. The minimum absolute atomic E-state index is 3.71. The van der Waals surface area contributed by atoms with Crippen molar-refractivity contribution in [2.75, 3.05) is 0 Å². The summed E-state index contributed by atoms with van der Waals surface area (Å²) >= 11 is 4.39. The van der Waals surface area contributed by atoms with Crippen LogP contribution in [-0.2, 0) is 0 Å². The third-order valence-electron chi connectivity index (χ3n) is 2.22. The first kappa shape index (κ1) is 13.7. The van der Waals surface area contributed by atoms with Gasteiger partial charge >= 0.3 is 23.9 Å². The second-order valence-corrected chi connectivity index (χ2v) is 3.71. The second kappa shape index (κ2) is 3.11. The van der Waals surface area contributed by atoms with Gasteiger partial charge in [-0.1, -0.05) is 0 Å². The van der Waals surface area contributed by atoms with Crippen molar-refractivity contribution in [1.29, 1.82) is 0 Å². The lowest BCUT2D eigenvalue weighted by atomic mass is 10.0. The van der Waals surface area contributed by atoms with Crippen molar-refractivity contribution in [1.82, 2.24) is 0 Å². The highest BCUT2D eigenvalue weighted by atomic mass is 35.5. The van der Waals surface area contributed by atoms with Gasteiger partial charge in [0, 0.05) is 0 Å². The Labute approximate surface area is 87.4 Å². The Kier molecular flexibility index (Phi) is 2.67. The average Bonchev–Trinajstić information content (AvgIpc) is 2.06. The summed E-state index contributed by atoms with van der Waals surface area (Å²) < 4.78 is 111. The molecule has 0 radical (unpaired) electrons. The highest BCUT2D eigenvalue weighted by Gasteiger charge is 2.88. The highest BCUT2D eigenvalue weighted by molar-refractivity contribution is 6.22. The van der Waals surface area contributed by atoms with E-state index < -0.39 is 35.2 Å². The molecule has 0 saturated heterocycles. The van der Waals surface area contributed by atoms with E-state index in [1.165, 1.54) is 0 Å². The fourth-order valence-corrected chi connectivity index (χ4v) is 1.79. The molecule has 0 amide bonds. The summed E-state index contributed by atoms with van der Waals surface area (Å²) in [6.07, 6.45) is -5.95. The lowest BCUT2D eigenvalue weighted by Crippen LogP contribution is -2.50. The molecule has 1 aliphatic rings. The molecule has 0 aliphatic heterocycles. The minimum Gasteiger partial charge on any atom is -0.199 e. The van der Waals surface area contributed by atoms with Gasteiger partial charge < -0.3 is 0 Å². The van der Waals surface area contributed by atoms with E-state index in [4.69, 9.17) is 0 Å². The minimum atomic E-state index is -6.13. The molecule has 1 fully saturated rings. The second-order valence-electron chi connectivity index (χ2n) is 3.24. The van der Waals surface area contributed by atoms with Gasteiger partial charge in [-0.25, -0.2) is 0 Å². The van der Waals surface area contributed by atoms with E-state index in [1.807, 2.05) is 0 Å². The average molecular weight is 281 g/mol. The Bertz CT molecular complexity index is 293. The van der Waals surface area contributed by atoms with Gasteiger partial charge in [0.2, 0.25) is 0 Å². The molecule has 96 valence electrons. The molecule has 0 heterocycles. The number of alkyl halides is 10. The third-order valence-corrected chi connectivity index (χ3v) is 2.75. The predicted molar refractivity (Wildman–Crippen MR) is 34.0 cm³/mol. The van der Waals surface area contributed by atoms with Gasteiger partial charge in [0.15, 0.2) is 0 Å². The molecule has 1 aliphatic carbocycles. The van der Waals surface area contributed by atoms with Crippen molar-refractivity contribution in [3.63, 3.8) is 0 Å². The molecule has 16 heavy (non-hydrogen) atoms. The molecule has 0 bridgehead atoms.